The second-order valence-electron chi connectivity index (χ2n) is 10.7. The number of esters is 1. The fourth-order valence-corrected chi connectivity index (χ4v) is 5.72. The molecule has 4 rings (SSSR count). The minimum absolute atomic E-state index is 0.000724. The summed E-state index contributed by atoms with van der Waals surface area (Å²) < 4.78 is 46.3. The van der Waals surface area contributed by atoms with Crippen LogP contribution in [-0.4, -0.2) is 66.7 Å². The Morgan fingerprint density at radius 2 is 1.57 bits per heavy atom. The molecule has 0 saturated carbocycles. The number of rotatable bonds is 13. The van der Waals surface area contributed by atoms with Gasteiger partial charge in [-0.05, 0) is 41.3 Å². The summed E-state index contributed by atoms with van der Waals surface area (Å²) in [6.45, 7) is 6.16. The quantitative estimate of drug-likeness (QED) is 0.116. The van der Waals surface area contributed by atoms with Gasteiger partial charge in [-0.3, -0.25) is 14.3 Å². The van der Waals surface area contributed by atoms with E-state index in [1.807, 2.05) is 20.8 Å². The first-order valence-electron chi connectivity index (χ1n) is 14.0. The maximum atomic E-state index is 13.7. The second-order valence-corrected chi connectivity index (χ2v) is 13.3. The molecule has 242 valence electrons. The van der Waals surface area contributed by atoms with E-state index in [0.717, 1.165) is 17.3 Å². The Kier molecular flexibility index (Phi) is 11.1. The molecular formula is C31H34N6O7S2. The number of carbonyl (C=O) groups is 2. The molecule has 2 aromatic carbocycles. The van der Waals surface area contributed by atoms with Crippen molar-refractivity contribution in [2.24, 2.45) is 0 Å². The minimum Gasteiger partial charge on any atom is -0.493 e. The van der Waals surface area contributed by atoms with Gasteiger partial charge in [0.05, 0.1) is 31.3 Å². The van der Waals surface area contributed by atoms with Gasteiger partial charge >= 0.3 is 5.97 Å². The number of sulfonamides is 1. The summed E-state index contributed by atoms with van der Waals surface area (Å²) >= 11 is 0.966. The standard InChI is InChI=1S/C31H34N6O7S2/c1-31(2,3)20-11-13-21(14-12-20)46(40,41)37-27-26(44-23-10-7-6-9-22(23)42-4)30(36-29(35-27)28-33-16-8-17-34-28)45-19-24(38)32-18-15-25(39)43-5/h6-14,16-17H,15,18-19H2,1-5H3,(H,32,38)(H,35,36,37). The van der Waals surface area contributed by atoms with Crippen LogP contribution in [0.4, 0.5) is 5.82 Å². The number of nitrogens with one attached hydrogen (secondary N) is 2. The van der Waals surface area contributed by atoms with Crippen molar-refractivity contribution in [1.82, 2.24) is 25.3 Å². The summed E-state index contributed by atoms with van der Waals surface area (Å²) in [6.07, 6.45) is 2.99. The minimum atomic E-state index is -4.20. The molecule has 2 heterocycles. The van der Waals surface area contributed by atoms with E-state index in [1.165, 1.54) is 38.7 Å². The topological polar surface area (TPSA) is 172 Å². The SMILES string of the molecule is COC(=O)CCNC(=O)CSc1nc(-c2ncccn2)nc(NS(=O)(=O)c2ccc(C(C)(C)C)cc2)c1Oc1ccccc1OC. The fourth-order valence-electron chi connectivity index (χ4n) is 3.93. The molecule has 2 N–H and O–H groups in total. The average Bonchev–Trinajstić information content (AvgIpc) is 3.04. The lowest BCUT2D eigenvalue weighted by molar-refractivity contribution is -0.140. The van der Waals surface area contributed by atoms with Crippen LogP contribution in [0.25, 0.3) is 11.6 Å². The Hall–Kier alpha value is -4.76. The molecule has 0 aliphatic carbocycles. The molecular weight excluding hydrogens is 633 g/mol. The number of nitrogens with zero attached hydrogens (tertiary/aromatic N) is 4. The van der Waals surface area contributed by atoms with Crippen molar-refractivity contribution < 1.29 is 32.2 Å². The van der Waals surface area contributed by atoms with Crippen molar-refractivity contribution >= 4 is 39.5 Å². The smallest absolute Gasteiger partial charge is 0.307 e. The van der Waals surface area contributed by atoms with Crippen LogP contribution >= 0.6 is 11.8 Å². The molecule has 13 nitrogen and oxygen atoms in total. The molecule has 0 atom stereocenters. The van der Waals surface area contributed by atoms with Gasteiger partial charge in [0, 0.05) is 18.9 Å². The number of methoxy groups -OCH3 is 2. The number of amides is 1. The van der Waals surface area contributed by atoms with Gasteiger partial charge in [0.1, 0.15) is 5.03 Å². The van der Waals surface area contributed by atoms with Crippen LogP contribution < -0.4 is 19.5 Å². The predicted octanol–water partition coefficient (Wildman–Crippen LogP) is 4.60. The van der Waals surface area contributed by atoms with Crippen LogP contribution in [0, 0.1) is 0 Å². The lowest BCUT2D eigenvalue weighted by atomic mass is 9.87. The Morgan fingerprint density at radius 1 is 0.891 bits per heavy atom. The molecule has 1 amide bonds. The molecule has 2 aromatic heterocycles. The maximum absolute atomic E-state index is 13.7. The summed E-state index contributed by atoms with van der Waals surface area (Å²) in [6, 6.07) is 14.9. The summed E-state index contributed by atoms with van der Waals surface area (Å²) in [7, 11) is -1.47. The number of para-hydroxylation sites is 2. The van der Waals surface area contributed by atoms with Crippen LogP contribution in [0.2, 0.25) is 0 Å². The normalized spacial score (nSPS) is 11.4. The van der Waals surface area contributed by atoms with Gasteiger partial charge in [-0.1, -0.05) is 56.8 Å². The third-order valence-electron chi connectivity index (χ3n) is 6.36. The van der Waals surface area contributed by atoms with E-state index in [1.54, 1.807) is 42.5 Å². The number of ether oxygens (including phenoxy) is 3. The van der Waals surface area contributed by atoms with Crippen molar-refractivity contribution in [2.75, 3.05) is 31.2 Å². The number of benzene rings is 2. The molecule has 0 spiro atoms. The lowest BCUT2D eigenvalue weighted by Crippen LogP contribution is -2.27. The number of thioether (sulfide) groups is 1. The highest BCUT2D eigenvalue weighted by Gasteiger charge is 2.26. The van der Waals surface area contributed by atoms with E-state index < -0.39 is 21.9 Å². The Balaban J connectivity index is 1.79. The summed E-state index contributed by atoms with van der Waals surface area (Å²) in [5, 5.41) is 2.76. The molecule has 15 heteroatoms. The highest BCUT2D eigenvalue weighted by atomic mass is 32.2. The van der Waals surface area contributed by atoms with Crippen molar-refractivity contribution in [2.45, 2.75) is 42.5 Å². The zero-order valence-corrected chi connectivity index (χ0v) is 27.6. The highest BCUT2D eigenvalue weighted by Crippen LogP contribution is 2.41. The number of aromatic nitrogens is 4. The zero-order chi connectivity index (χ0) is 33.3. The summed E-state index contributed by atoms with van der Waals surface area (Å²) in [5.74, 6) is -0.604. The Morgan fingerprint density at radius 3 is 2.20 bits per heavy atom. The van der Waals surface area contributed by atoms with Gasteiger partial charge in [-0.25, -0.2) is 28.4 Å². The molecule has 0 unspecified atom stereocenters. The maximum Gasteiger partial charge on any atom is 0.307 e. The molecule has 46 heavy (non-hydrogen) atoms. The van der Waals surface area contributed by atoms with Crippen molar-refractivity contribution in [1.29, 1.82) is 0 Å². The van der Waals surface area contributed by atoms with Crippen molar-refractivity contribution in [3.05, 3.63) is 72.6 Å². The van der Waals surface area contributed by atoms with Gasteiger partial charge < -0.3 is 19.5 Å². The highest BCUT2D eigenvalue weighted by molar-refractivity contribution is 8.00. The van der Waals surface area contributed by atoms with Crippen molar-refractivity contribution in [3.8, 4) is 28.9 Å². The molecule has 0 saturated heterocycles. The molecule has 0 aliphatic heterocycles. The fraction of sp³-hybridized carbons (Fsp3) is 0.290. The predicted molar refractivity (Wildman–Crippen MR) is 172 cm³/mol. The van der Waals surface area contributed by atoms with Crippen LogP contribution in [-0.2, 0) is 29.8 Å². The molecule has 4 aromatic rings. The van der Waals surface area contributed by atoms with Crippen molar-refractivity contribution in [3.63, 3.8) is 0 Å². The molecule has 0 aliphatic rings. The number of hydrogen-bond donors (Lipinski definition) is 2. The van der Waals surface area contributed by atoms with Crippen LogP contribution in [0.15, 0.2) is 76.9 Å². The first-order chi connectivity index (χ1) is 21.9. The van der Waals surface area contributed by atoms with Crippen LogP contribution in [0.3, 0.4) is 0 Å². The lowest BCUT2D eigenvalue weighted by Gasteiger charge is -2.20. The number of anilines is 1. The largest absolute Gasteiger partial charge is 0.493 e. The van der Waals surface area contributed by atoms with E-state index in [2.05, 4.69) is 34.7 Å². The Labute approximate surface area is 271 Å². The number of carbonyl (C=O) groups excluding carboxylic acids is 2. The number of hydrogen-bond acceptors (Lipinski definition) is 12. The third-order valence-corrected chi connectivity index (χ3v) is 8.67. The molecule has 0 radical (unpaired) electrons. The monoisotopic (exact) mass is 666 g/mol. The van der Waals surface area contributed by atoms with Gasteiger partial charge in [0.15, 0.2) is 23.1 Å². The van der Waals surface area contributed by atoms with Gasteiger partial charge in [0.2, 0.25) is 17.5 Å². The summed E-state index contributed by atoms with van der Waals surface area (Å²) in [5.41, 5.74) is 0.779. The summed E-state index contributed by atoms with van der Waals surface area (Å²) in [4.78, 5) is 41.6. The molecule has 0 fully saturated rings. The van der Waals surface area contributed by atoms with Gasteiger partial charge in [-0.2, -0.15) is 0 Å². The first-order valence-corrected chi connectivity index (χ1v) is 16.5. The first kappa shape index (κ1) is 34.1. The van der Waals surface area contributed by atoms with E-state index in [-0.39, 0.29) is 63.0 Å². The van der Waals surface area contributed by atoms with E-state index in [0.29, 0.717) is 5.75 Å². The van der Waals surface area contributed by atoms with Crippen LogP contribution in [0.5, 0.6) is 17.2 Å². The van der Waals surface area contributed by atoms with E-state index in [4.69, 9.17) is 9.47 Å². The van der Waals surface area contributed by atoms with E-state index in [9.17, 15) is 18.0 Å². The third kappa shape index (κ3) is 8.91. The van der Waals surface area contributed by atoms with Gasteiger partial charge in [0.25, 0.3) is 10.0 Å². The zero-order valence-electron chi connectivity index (χ0n) is 25.9. The van der Waals surface area contributed by atoms with Gasteiger partial charge in [-0.15, -0.1) is 0 Å². The van der Waals surface area contributed by atoms with Crippen LogP contribution in [0.1, 0.15) is 32.8 Å². The molecule has 0 bridgehead atoms. The second kappa shape index (κ2) is 15.0. The average molecular weight is 667 g/mol. The van der Waals surface area contributed by atoms with E-state index >= 15 is 0 Å². The Bertz CT molecular complexity index is 1780.